The second-order valence-corrected chi connectivity index (χ2v) is 12.1. The Hall–Kier alpha value is -0.993. The van der Waals surface area contributed by atoms with E-state index in [2.05, 4.69) is 32.6 Å². The Balaban J connectivity index is 2.54. The third-order valence-corrected chi connectivity index (χ3v) is 6.25. The predicted molar refractivity (Wildman–Crippen MR) is 94.4 cm³/mol. The number of hydrogen-bond acceptors (Lipinski definition) is 6. The Bertz CT molecular complexity index is 575. The van der Waals surface area contributed by atoms with E-state index in [9.17, 15) is 5.11 Å². The van der Waals surface area contributed by atoms with Crippen LogP contribution in [-0.2, 0) is 26.4 Å². The number of epoxide rings is 1. The van der Waals surface area contributed by atoms with Crippen LogP contribution in [0.3, 0.4) is 0 Å². The summed E-state index contributed by atoms with van der Waals surface area (Å²) in [5.74, 6) is 0.570. The molecule has 1 aliphatic rings. The zero-order chi connectivity index (χ0) is 18.0. The summed E-state index contributed by atoms with van der Waals surface area (Å²) >= 11 is 0. The fraction of sp³-hybridized carbons (Fsp3) is 0.706. The average molecular weight is 356 g/mol. The van der Waals surface area contributed by atoms with Gasteiger partial charge in [-0.1, -0.05) is 26.6 Å². The van der Waals surface area contributed by atoms with Gasteiger partial charge in [-0.15, -0.1) is 0 Å². The number of aliphatic hydroxyl groups excluding tert-OH is 1. The first-order valence-corrected chi connectivity index (χ1v) is 11.8. The van der Waals surface area contributed by atoms with Crippen molar-refractivity contribution < 1.29 is 24.1 Å². The van der Waals surface area contributed by atoms with Crippen LogP contribution in [0.15, 0.2) is 6.07 Å². The molecule has 0 bridgehead atoms. The van der Waals surface area contributed by atoms with Gasteiger partial charge in [0.1, 0.15) is 26.6 Å². The number of pyridine rings is 1. The number of aliphatic hydroxyl groups is 1. The van der Waals surface area contributed by atoms with Crippen molar-refractivity contribution in [2.45, 2.75) is 51.3 Å². The maximum atomic E-state index is 9.58. The summed E-state index contributed by atoms with van der Waals surface area (Å²) in [5.41, 5.74) is 1.41. The molecule has 136 valence electrons. The molecule has 2 rings (SSSR count). The van der Waals surface area contributed by atoms with Crippen LogP contribution in [0.5, 0.6) is 5.88 Å². The Morgan fingerprint density at radius 2 is 2.04 bits per heavy atom. The number of ether oxygens (including phenoxy) is 4. The minimum Gasteiger partial charge on any atom is -0.481 e. The van der Waals surface area contributed by atoms with E-state index in [1.165, 1.54) is 0 Å². The summed E-state index contributed by atoms with van der Waals surface area (Å²) in [6, 6.07) is 2.12. The Kier molecular flexibility index (Phi) is 6.03. The summed E-state index contributed by atoms with van der Waals surface area (Å²) in [6.07, 6.45) is 0.582. The number of methoxy groups -OCH3 is 2. The van der Waals surface area contributed by atoms with E-state index in [0.29, 0.717) is 12.5 Å². The third kappa shape index (κ3) is 3.65. The minimum atomic E-state index is -1.64. The summed E-state index contributed by atoms with van der Waals surface area (Å²) in [5, 5.41) is 10.6. The quantitative estimate of drug-likeness (QED) is 0.315. The van der Waals surface area contributed by atoms with E-state index in [-0.39, 0.29) is 19.5 Å². The fourth-order valence-electron chi connectivity index (χ4n) is 2.99. The van der Waals surface area contributed by atoms with Crippen LogP contribution in [-0.4, -0.2) is 51.9 Å². The molecular formula is C17H29NO5Si. The molecule has 0 spiro atoms. The van der Waals surface area contributed by atoms with Gasteiger partial charge in [-0.2, -0.15) is 0 Å². The molecule has 1 aliphatic heterocycles. The van der Waals surface area contributed by atoms with Crippen molar-refractivity contribution in [1.82, 2.24) is 4.98 Å². The fourth-order valence-corrected chi connectivity index (χ4v) is 4.00. The van der Waals surface area contributed by atoms with Gasteiger partial charge in [0, 0.05) is 18.0 Å². The number of aromatic nitrogens is 1. The molecule has 0 amide bonds. The Labute approximate surface area is 145 Å². The first-order chi connectivity index (χ1) is 11.3. The molecule has 1 fully saturated rings. The van der Waals surface area contributed by atoms with E-state index in [1.807, 2.05) is 0 Å². The zero-order valence-corrected chi connectivity index (χ0v) is 16.5. The highest BCUT2D eigenvalue weighted by Gasteiger charge is 2.57. The predicted octanol–water partition coefficient (Wildman–Crippen LogP) is 1.75. The highest BCUT2D eigenvalue weighted by molar-refractivity contribution is 6.88. The van der Waals surface area contributed by atoms with Gasteiger partial charge >= 0.3 is 0 Å². The molecule has 24 heavy (non-hydrogen) atoms. The summed E-state index contributed by atoms with van der Waals surface area (Å²) < 4.78 is 22.0. The second-order valence-electron chi connectivity index (χ2n) is 7.08. The van der Waals surface area contributed by atoms with Crippen LogP contribution >= 0.6 is 0 Å². The van der Waals surface area contributed by atoms with Crippen LogP contribution in [0, 0.1) is 0 Å². The van der Waals surface area contributed by atoms with Gasteiger partial charge in [-0.05, 0) is 18.1 Å². The average Bonchev–Trinajstić information content (AvgIpc) is 3.28. The van der Waals surface area contributed by atoms with Gasteiger partial charge < -0.3 is 24.1 Å². The van der Waals surface area contributed by atoms with Crippen molar-refractivity contribution in [2.24, 2.45) is 0 Å². The first kappa shape index (κ1) is 19.3. The molecule has 0 aromatic carbocycles. The lowest BCUT2D eigenvalue weighted by atomic mass is 9.90. The van der Waals surface area contributed by atoms with E-state index >= 15 is 0 Å². The summed E-state index contributed by atoms with van der Waals surface area (Å²) in [7, 11) is 1.56. The third-order valence-electron chi connectivity index (χ3n) is 4.46. The number of hydrogen-bond donors (Lipinski definition) is 1. The molecule has 0 aliphatic carbocycles. The highest BCUT2D eigenvalue weighted by Crippen LogP contribution is 2.50. The minimum absolute atomic E-state index is 0.000867. The highest BCUT2D eigenvalue weighted by atomic mass is 28.3. The smallest absolute Gasteiger partial charge is 0.218 e. The molecule has 0 radical (unpaired) electrons. The lowest BCUT2D eigenvalue weighted by Gasteiger charge is -2.23. The Morgan fingerprint density at radius 1 is 1.33 bits per heavy atom. The molecule has 6 nitrogen and oxygen atoms in total. The normalized spacial score (nSPS) is 23.4. The van der Waals surface area contributed by atoms with Crippen molar-refractivity contribution in [3.8, 4) is 5.88 Å². The monoisotopic (exact) mass is 355 g/mol. The summed E-state index contributed by atoms with van der Waals surface area (Å²) in [6.45, 7) is 9.33. The summed E-state index contributed by atoms with van der Waals surface area (Å²) in [4.78, 5) is 4.73. The molecule has 0 unspecified atom stereocenters. The van der Waals surface area contributed by atoms with Crippen molar-refractivity contribution in [1.29, 1.82) is 0 Å². The van der Waals surface area contributed by atoms with Crippen LogP contribution in [0.4, 0.5) is 0 Å². The van der Waals surface area contributed by atoms with Crippen molar-refractivity contribution in [2.75, 3.05) is 27.6 Å². The van der Waals surface area contributed by atoms with Gasteiger partial charge in [0.15, 0.2) is 0 Å². The van der Waals surface area contributed by atoms with Gasteiger partial charge in [0.2, 0.25) is 5.88 Å². The first-order valence-electron chi connectivity index (χ1n) is 8.28. The Morgan fingerprint density at radius 3 is 2.50 bits per heavy atom. The van der Waals surface area contributed by atoms with E-state index in [1.54, 1.807) is 14.2 Å². The largest absolute Gasteiger partial charge is 0.481 e. The van der Waals surface area contributed by atoms with Crippen LogP contribution in [0.2, 0.25) is 19.6 Å². The van der Waals surface area contributed by atoms with Crippen LogP contribution < -0.4 is 10.1 Å². The van der Waals surface area contributed by atoms with Crippen molar-refractivity contribution >= 4 is 13.4 Å². The molecular weight excluding hydrogens is 326 g/mol. The molecule has 0 saturated carbocycles. The molecule has 1 N–H and O–H groups in total. The van der Waals surface area contributed by atoms with Gasteiger partial charge in [0.25, 0.3) is 0 Å². The van der Waals surface area contributed by atoms with Crippen molar-refractivity contribution in [3.63, 3.8) is 0 Å². The van der Waals surface area contributed by atoms with Gasteiger partial charge in [-0.25, -0.2) is 4.98 Å². The molecule has 2 atom stereocenters. The van der Waals surface area contributed by atoms with Crippen LogP contribution in [0.1, 0.15) is 24.5 Å². The molecule has 7 heteroatoms. The van der Waals surface area contributed by atoms with Gasteiger partial charge in [0.05, 0.1) is 20.3 Å². The number of rotatable bonds is 9. The lowest BCUT2D eigenvalue weighted by molar-refractivity contribution is -0.0400. The maximum absolute atomic E-state index is 9.58. The topological polar surface area (TPSA) is 73.3 Å². The molecule has 1 aromatic rings. The standard InChI is InChI=1S/C17H29NO5Si/c1-7-17(14(9-19)23-17)13-8-15(24(4,5)6)18-16(21-3)12(13)10-22-11-20-2/h8,14,19H,7,9-11H2,1-6H3/t14-,17-/m1/s1. The van der Waals surface area contributed by atoms with E-state index < -0.39 is 13.7 Å². The maximum Gasteiger partial charge on any atom is 0.218 e. The van der Waals surface area contributed by atoms with E-state index in [0.717, 1.165) is 22.9 Å². The molecule has 1 aromatic heterocycles. The van der Waals surface area contributed by atoms with E-state index in [4.69, 9.17) is 23.9 Å². The van der Waals surface area contributed by atoms with Crippen molar-refractivity contribution in [3.05, 3.63) is 17.2 Å². The lowest BCUT2D eigenvalue weighted by Crippen LogP contribution is -2.41. The molecule has 1 saturated heterocycles. The van der Waals surface area contributed by atoms with Gasteiger partial charge in [-0.3, -0.25) is 0 Å². The number of nitrogens with zero attached hydrogens (tertiary/aromatic N) is 1. The second kappa shape index (κ2) is 7.49. The SMILES string of the molecule is CC[C@]1(c2cc([Si](C)(C)C)nc(OC)c2COCOC)O[C@@H]1CO. The molecule has 2 heterocycles. The zero-order valence-electron chi connectivity index (χ0n) is 15.5. The van der Waals surface area contributed by atoms with Crippen LogP contribution in [0.25, 0.3) is 0 Å².